The SMILES string of the molecule is Cc1cccc(NC(=O)/C(C#N)=C/c2cc(C)c(OCc3ccc(Cl)cc3Cl)c(C)c2)c1. The van der Waals surface area contributed by atoms with Crippen LogP contribution < -0.4 is 10.1 Å². The normalized spacial score (nSPS) is 11.1. The summed E-state index contributed by atoms with van der Waals surface area (Å²) in [5.74, 6) is 0.280. The van der Waals surface area contributed by atoms with Gasteiger partial charge in [0.1, 0.15) is 24.0 Å². The van der Waals surface area contributed by atoms with Crippen LogP contribution in [-0.4, -0.2) is 5.91 Å². The molecule has 0 unspecified atom stereocenters. The van der Waals surface area contributed by atoms with Crippen molar-refractivity contribution in [2.45, 2.75) is 27.4 Å². The fourth-order valence-electron chi connectivity index (χ4n) is 3.32. The van der Waals surface area contributed by atoms with Gasteiger partial charge in [0.25, 0.3) is 5.91 Å². The molecule has 32 heavy (non-hydrogen) atoms. The Labute approximate surface area is 198 Å². The summed E-state index contributed by atoms with van der Waals surface area (Å²) in [5.41, 5.74) is 5.04. The van der Waals surface area contributed by atoms with Crippen LogP contribution in [0.5, 0.6) is 5.75 Å². The highest BCUT2D eigenvalue weighted by atomic mass is 35.5. The molecule has 0 spiro atoms. The van der Waals surface area contributed by atoms with E-state index in [0.717, 1.165) is 33.6 Å². The molecular formula is C26H22Cl2N2O2. The summed E-state index contributed by atoms with van der Waals surface area (Å²) in [7, 11) is 0. The summed E-state index contributed by atoms with van der Waals surface area (Å²) in [6.07, 6.45) is 1.57. The van der Waals surface area contributed by atoms with Crippen LogP contribution >= 0.6 is 23.2 Å². The number of amides is 1. The van der Waals surface area contributed by atoms with E-state index < -0.39 is 5.91 Å². The number of hydrogen-bond donors (Lipinski definition) is 1. The van der Waals surface area contributed by atoms with Crippen molar-refractivity contribution in [2.75, 3.05) is 5.32 Å². The molecule has 0 bridgehead atoms. The first kappa shape index (κ1) is 23.4. The number of carbonyl (C=O) groups is 1. The van der Waals surface area contributed by atoms with Crippen molar-refractivity contribution in [2.24, 2.45) is 0 Å². The van der Waals surface area contributed by atoms with Gasteiger partial charge in [-0.3, -0.25) is 4.79 Å². The number of ether oxygens (including phenoxy) is 1. The molecular weight excluding hydrogens is 443 g/mol. The topological polar surface area (TPSA) is 62.1 Å². The van der Waals surface area contributed by atoms with Gasteiger partial charge in [-0.05, 0) is 85.5 Å². The number of nitrogens with zero attached hydrogens (tertiary/aromatic N) is 1. The van der Waals surface area contributed by atoms with Gasteiger partial charge < -0.3 is 10.1 Å². The van der Waals surface area contributed by atoms with Crippen LogP contribution in [0.2, 0.25) is 10.0 Å². The molecule has 0 aliphatic heterocycles. The molecule has 0 fully saturated rings. The lowest BCUT2D eigenvalue weighted by Gasteiger charge is -2.14. The van der Waals surface area contributed by atoms with Crippen molar-refractivity contribution in [3.8, 4) is 11.8 Å². The van der Waals surface area contributed by atoms with E-state index in [4.69, 9.17) is 27.9 Å². The van der Waals surface area contributed by atoms with Crippen molar-refractivity contribution in [1.82, 2.24) is 0 Å². The van der Waals surface area contributed by atoms with Gasteiger partial charge in [0.2, 0.25) is 0 Å². The van der Waals surface area contributed by atoms with Crippen molar-refractivity contribution in [3.63, 3.8) is 0 Å². The minimum atomic E-state index is -0.453. The lowest BCUT2D eigenvalue weighted by Crippen LogP contribution is -2.13. The smallest absolute Gasteiger partial charge is 0.266 e. The quantitative estimate of drug-likeness (QED) is 0.314. The highest BCUT2D eigenvalue weighted by Gasteiger charge is 2.12. The number of halogens is 2. The summed E-state index contributed by atoms with van der Waals surface area (Å²) in [6, 6.07) is 18.4. The Morgan fingerprint density at radius 1 is 1.06 bits per heavy atom. The Balaban J connectivity index is 1.78. The predicted molar refractivity (Wildman–Crippen MR) is 130 cm³/mol. The van der Waals surface area contributed by atoms with Crippen LogP contribution in [0.4, 0.5) is 5.69 Å². The fourth-order valence-corrected chi connectivity index (χ4v) is 3.78. The van der Waals surface area contributed by atoms with E-state index in [9.17, 15) is 10.1 Å². The molecule has 1 N–H and O–H groups in total. The van der Waals surface area contributed by atoms with E-state index >= 15 is 0 Å². The Kier molecular flexibility index (Phi) is 7.58. The first-order valence-corrected chi connectivity index (χ1v) is 10.7. The zero-order valence-corrected chi connectivity index (χ0v) is 19.5. The summed E-state index contributed by atoms with van der Waals surface area (Å²) >= 11 is 12.2. The van der Waals surface area contributed by atoms with E-state index in [2.05, 4.69) is 5.32 Å². The molecule has 4 nitrogen and oxygen atoms in total. The van der Waals surface area contributed by atoms with E-state index in [1.165, 1.54) is 0 Å². The van der Waals surface area contributed by atoms with E-state index in [0.29, 0.717) is 22.3 Å². The maximum Gasteiger partial charge on any atom is 0.266 e. The number of anilines is 1. The molecule has 0 saturated heterocycles. The lowest BCUT2D eigenvalue weighted by atomic mass is 10.0. The van der Waals surface area contributed by atoms with Gasteiger partial charge >= 0.3 is 0 Å². The second-order valence-corrected chi connectivity index (χ2v) is 8.35. The molecule has 0 aliphatic rings. The lowest BCUT2D eigenvalue weighted by molar-refractivity contribution is -0.112. The molecule has 1 amide bonds. The third kappa shape index (κ3) is 5.91. The molecule has 3 rings (SSSR count). The van der Waals surface area contributed by atoms with Crippen molar-refractivity contribution in [3.05, 3.63) is 98.0 Å². The maximum atomic E-state index is 12.6. The van der Waals surface area contributed by atoms with Gasteiger partial charge in [-0.25, -0.2) is 0 Å². The minimum absolute atomic E-state index is 0.0203. The molecule has 0 heterocycles. The third-order valence-electron chi connectivity index (χ3n) is 4.82. The van der Waals surface area contributed by atoms with Gasteiger partial charge in [0.15, 0.2) is 0 Å². The molecule has 0 aliphatic carbocycles. The number of aryl methyl sites for hydroxylation is 3. The Hall–Kier alpha value is -3.26. The molecule has 162 valence electrons. The predicted octanol–water partition coefficient (Wildman–Crippen LogP) is 7.04. The van der Waals surface area contributed by atoms with Crippen molar-refractivity contribution in [1.29, 1.82) is 5.26 Å². The van der Waals surface area contributed by atoms with E-state index in [1.807, 2.05) is 63.2 Å². The zero-order valence-electron chi connectivity index (χ0n) is 18.0. The molecule has 0 radical (unpaired) electrons. The van der Waals surface area contributed by atoms with Crippen LogP contribution in [0.15, 0.2) is 60.2 Å². The summed E-state index contributed by atoms with van der Waals surface area (Å²) < 4.78 is 6.01. The number of benzene rings is 3. The molecule has 0 atom stereocenters. The first-order valence-electron chi connectivity index (χ1n) is 9.94. The third-order valence-corrected chi connectivity index (χ3v) is 5.41. The highest BCUT2D eigenvalue weighted by molar-refractivity contribution is 6.35. The van der Waals surface area contributed by atoms with Gasteiger partial charge in [0, 0.05) is 21.3 Å². The zero-order chi connectivity index (χ0) is 23.3. The van der Waals surface area contributed by atoms with Crippen molar-refractivity contribution >= 4 is 40.9 Å². The monoisotopic (exact) mass is 464 g/mol. The maximum absolute atomic E-state index is 12.6. The van der Waals surface area contributed by atoms with Crippen LogP contribution in [0, 0.1) is 32.1 Å². The number of nitrogens with one attached hydrogen (secondary N) is 1. The van der Waals surface area contributed by atoms with Gasteiger partial charge in [-0.2, -0.15) is 5.26 Å². The molecule has 3 aromatic carbocycles. The van der Waals surface area contributed by atoms with Crippen molar-refractivity contribution < 1.29 is 9.53 Å². The summed E-state index contributed by atoms with van der Waals surface area (Å²) in [4.78, 5) is 12.6. The molecule has 6 heteroatoms. The first-order chi connectivity index (χ1) is 15.3. The molecule has 3 aromatic rings. The largest absolute Gasteiger partial charge is 0.488 e. The summed E-state index contributed by atoms with van der Waals surface area (Å²) in [6.45, 7) is 6.08. The highest BCUT2D eigenvalue weighted by Crippen LogP contribution is 2.28. The average Bonchev–Trinajstić information content (AvgIpc) is 2.72. The van der Waals surface area contributed by atoms with Crippen LogP contribution in [-0.2, 0) is 11.4 Å². The van der Waals surface area contributed by atoms with Crippen LogP contribution in [0.25, 0.3) is 6.08 Å². The van der Waals surface area contributed by atoms with Gasteiger partial charge in [0.05, 0.1) is 0 Å². The van der Waals surface area contributed by atoms with Gasteiger partial charge in [-0.15, -0.1) is 0 Å². The van der Waals surface area contributed by atoms with Crippen LogP contribution in [0.3, 0.4) is 0 Å². The number of nitriles is 1. The summed E-state index contributed by atoms with van der Waals surface area (Å²) in [5, 5.41) is 13.4. The van der Waals surface area contributed by atoms with Crippen LogP contribution in [0.1, 0.15) is 27.8 Å². The minimum Gasteiger partial charge on any atom is -0.488 e. The number of rotatable bonds is 6. The van der Waals surface area contributed by atoms with E-state index in [-0.39, 0.29) is 5.57 Å². The van der Waals surface area contributed by atoms with E-state index in [1.54, 1.807) is 24.3 Å². The second kappa shape index (κ2) is 10.4. The molecule has 0 aromatic heterocycles. The van der Waals surface area contributed by atoms with Gasteiger partial charge in [-0.1, -0.05) is 41.4 Å². The fraction of sp³-hybridized carbons (Fsp3) is 0.154. The Morgan fingerprint density at radius 3 is 2.41 bits per heavy atom. The standard InChI is InChI=1S/C26H22Cl2N2O2/c1-16-5-4-6-23(9-16)30-26(31)21(14-29)12-19-10-17(2)25(18(3)11-19)32-15-20-7-8-22(27)13-24(20)28/h4-13H,15H2,1-3H3,(H,30,31)/b21-12+. The number of carbonyl (C=O) groups excluding carboxylic acids is 1. The Morgan fingerprint density at radius 2 is 1.78 bits per heavy atom. The Bertz CT molecular complexity index is 1220. The molecule has 0 saturated carbocycles. The average molecular weight is 465 g/mol. The second-order valence-electron chi connectivity index (χ2n) is 7.50. The number of hydrogen-bond acceptors (Lipinski definition) is 3.